The number of nitrogens with zero attached hydrogens (tertiary/aromatic N) is 2. The first-order chi connectivity index (χ1) is 11.9. The van der Waals surface area contributed by atoms with E-state index in [0.717, 1.165) is 5.56 Å². The third kappa shape index (κ3) is 6.57. The van der Waals surface area contributed by atoms with E-state index in [2.05, 4.69) is 0 Å². The molecule has 1 N–H and O–H groups in total. The van der Waals surface area contributed by atoms with E-state index in [9.17, 15) is 19.5 Å². The van der Waals surface area contributed by atoms with Gasteiger partial charge in [0, 0.05) is 32.5 Å². The Kier molecular flexibility index (Phi) is 8.67. The van der Waals surface area contributed by atoms with Gasteiger partial charge in [-0.05, 0) is 32.8 Å². The lowest BCUT2D eigenvalue weighted by molar-refractivity contribution is -0.150. The van der Waals surface area contributed by atoms with Crippen molar-refractivity contribution in [2.24, 2.45) is 0 Å². The molecule has 1 aromatic carbocycles. The Hall–Kier alpha value is -2.37. The maximum atomic E-state index is 12.5. The molecule has 1 rings (SSSR count). The lowest BCUT2D eigenvalue weighted by Crippen LogP contribution is -2.42. The first kappa shape index (κ1) is 20.7. The highest BCUT2D eigenvalue weighted by molar-refractivity contribution is 5.84. The fraction of sp³-hybridized carbons (Fsp3) is 0.526. The molecule has 0 saturated heterocycles. The first-order valence-electron chi connectivity index (χ1n) is 8.74. The third-order valence-electron chi connectivity index (χ3n) is 4.24. The Balaban J connectivity index is 2.67. The minimum Gasteiger partial charge on any atom is -0.480 e. The summed E-state index contributed by atoms with van der Waals surface area (Å²) in [6, 6.07) is 8.39. The molecule has 0 aliphatic rings. The molecular formula is C19H28N2O4. The minimum absolute atomic E-state index is 0.0266. The standard InChI is InChI=1S/C19H28N2O4/c1-4-20(5-2)17(22)12-9-13-18(23)21(15(3)19(24)25)14-16-10-7-6-8-11-16/h6-8,10-11,15H,4-5,9,12-14H2,1-3H3,(H,24,25). The summed E-state index contributed by atoms with van der Waals surface area (Å²) >= 11 is 0. The molecule has 138 valence electrons. The van der Waals surface area contributed by atoms with E-state index >= 15 is 0 Å². The fourth-order valence-electron chi connectivity index (χ4n) is 2.62. The zero-order valence-corrected chi connectivity index (χ0v) is 15.3. The van der Waals surface area contributed by atoms with Crippen molar-refractivity contribution in [2.75, 3.05) is 13.1 Å². The van der Waals surface area contributed by atoms with Crippen LogP contribution in [-0.4, -0.2) is 51.8 Å². The van der Waals surface area contributed by atoms with Crippen LogP contribution in [0, 0.1) is 0 Å². The van der Waals surface area contributed by atoms with Crippen molar-refractivity contribution >= 4 is 17.8 Å². The van der Waals surface area contributed by atoms with Gasteiger partial charge in [0.1, 0.15) is 6.04 Å². The monoisotopic (exact) mass is 348 g/mol. The van der Waals surface area contributed by atoms with Crippen molar-refractivity contribution in [3.8, 4) is 0 Å². The van der Waals surface area contributed by atoms with Crippen LogP contribution in [0.3, 0.4) is 0 Å². The molecular weight excluding hydrogens is 320 g/mol. The van der Waals surface area contributed by atoms with Crippen LogP contribution in [-0.2, 0) is 20.9 Å². The summed E-state index contributed by atoms with van der Waals surface area (Å²) in [4.78, 5) is 38.9. The molecule has 0 aromatic heterocycles. The van der Waals surface area contributed by atoms with Gasteiger partial charge in [-0.15, -0.1) is 0 Å². The molecule has 1 unspecified atom stereocenters. The summed E-state index contributed by atoms with van der Waals surface area (Å²) in [6.07, 6.45) is 0.886. The molecule has 0 saturated carbocycles. The van der Waals surface area contributed by atoms with Gasteiger partial charge in [0.2, 0.25) is 11.8 Å². The van der Waals surface area contributed by atoms with Crippen molar-refractivity contribution in [2.45, 2.75) is 52.6 Å². The van der Waals surface area contributed by atoms with E-state index < -0.39 is 12.0 Å². The van der Waals surface area contributed by atoms with Gasteiger partial charge in [-0.25, -0.2) is 4.79 Å². The van der Waals surface area contributed by atoms with E-state index in [1.807, 2.05) is 44.2 Å². The number of carboxylic acids is 1. The molecule has 1 aromatic rings. The van der Waals surface area contributed by atoms with E-state index in [4.69, 9.17) is 0 Å². The number of benzene rings is 1. The third-order valence-corrected chi connectivity index (χ3v) is 4.24. The number of aliphatic carboxylic acids is 1. The molecule has 0 bridgehead atoms. The first-order valence-corrected chi connectivity index (χ1v) is 8.74. The summed E-state index contributed by atoms with van der Waals surface area (Å²) < 4.78 is 0. The van der Waals surface area contributed by atoms with Crippen LogP contribution >= 0.6 is 0 Å². The van der Waals surface area contributed by atoms with Gasteiger partial charge in [0.15, 0.2) is 0 Å². The molecule has 0 spiro atoms. The number of carbonyl (C=O) groups is 3. The molecule has 6 heteroatoms. The summed E-state index contributed by atoms with van der Waals surface area (Å²) in [6.45, 7) is 6.89. The highest BCUT2D eigenvalue weighted by Crippen LogP contribution is 2.13. The fourth-order valence-corrected chi connectivity index (χ4v) is 2.62. The summed E-state index contributed by atoms with van der Waals surface area (Å²) in [5, 5.41) is 9.27. The minimum atomic E-state index is -1.04. The Morgan fingerprint density at radius 2 is 1.56 bits per heavy atom. The highest BCUT2D eigenvalue weighted by atomic mass is 16.4. The molecule has 0 aliphatic heterocycles. The molecule has 2 amide bonds. The van der Waals surface area contributed by atoms with Gasteiger partial charge in [0.25, 0.3) is 0 Å². The van der Waals surface area contributed by atoms with Crippen LogP contribution in [0.2, 0.25) is 0 Å². The largest absolute Gasteiger partial charge is 0.480 e. The second kappa shape index (κ2) is 10.5. The highest BCUT2D eigenvalue weighted by Gasteiger charge is 2.25. The zero-order valence-electron chi connectivity index (χ0n) is 15.3. The van der Waals surface area contributed by atoms with E-state index in [1.165, 1.54) is 11.8 Å². The van der Waals surface area contributed by atoms with Crippen LogP contribution < -0.4 is 0 Å². The molecule has 0 radical (unpaired) electrons. The van der Waals surface area contributed by atoms with E-state index in [0.29, 0.717) is 25.9 Å². The van der Waals surface area contributed by atoms with Crippen molar-refractivity contribution < 1.29 is 19.5 Å². The van der Waals surface area contributed by atoms with Gasteiger partial charge >= 0.3 is 5.97 Å². The topological polar surface area (TPSA) is 77.9 Å². The zero-order chi connectivity index (χ0) is 18.8. The van der Waals surface area contributed by atoms with Gasteiger partial charge < -0.3 is 14.9 Å². The molecule has 0 aliphatic carbocycles. The SMILES string of the molecule is CCN(CC)C(=O)CCCC(=O)N(Cc1ccccc1)C(C)C(=O)O. The summed E-state index contributed by atoms with van der Waals surface area (Å²) in [5.74, 6) is -1.26. The smallest absolute Gasteiger partial charge is 0.326 e. The Morgan fingerprint density at radius 1 is 1.00 bits per heavy atom. The number of amides is 2. The molecule has 6 nitrogen and oxygen atoms in total. The molecule has 0 fully saturated rings. The molecule has 25 heavy (non-hydrogen) atoms. The average molecular weight is 348 g/mol. The van der Waals surface area contributed by atoms with Crippen LogP contribution in [0.1, 0.15) is 45.6 Å². The molecule has 1 atom stereocenters. The van der Waals surface area contributed by atoms with Crippen LogP contribution in [0.25, 0.3) is 0 Å². The van der Waals surface area contributed by atoms with E-state index in [-0.39, 0.29) is 24.8 Å². The van der Waals surface area contributed by atoms with Crippen molar-refractivity contribution in [1.29, 1.82) is 0 Å². The second-order valence-electron chi connectivity index (χ2n) is 5.94. The van der Waals surface area contributed by atoms with Gasteiger partial charge in [-0.2, -0.15) is 0 Å². The predicted molar refractivity (Wildman–Crippen MR) is 95.9 cm³/mol. The predicted octanol–water partition coefficient (Wildman–Crippen LogP) is 2.53. The van der Waals surface area contributed by atoms with Gasteiger partial charge in [0.05, 0.1) is 0 Å². The van der Waals surface area contributed by atoms with Gasteiger partial charge in [-0.1, -0.05) is 30.3 Å². The lowest BCUT2D eigenvalue weighted by Gasteiger charge is -2.27. The summed E-state index contributed by atoms with van der Waals surface area (Å²) in [5.41, 5.74) is 0.878. The number of hydrogen-bond donors (Lipinski definition) is 1. The second-order valence-corrected chi connectivity index (χ2v) is 5.94. The van der Waals surface area contributed by atoms with Crippen LogP contribution in [0.4, 0.5) is 0 Å². The van der Waals surface area contributed by atoms with Crippen LogP contribution in [0.5, 0.6) is 0 Å². The number of rotatable bonds is 10. The lowest BCUT2D eigenvalue weighted by atomic mass is 10.1. The Morgan fingerprint density at radius 3 is 2.08 bits per heavy atom. The number of carboxylic acid groups (broad SMARTS) is 1. The molecule has 0 heterocycles. The normalized spacial score (nSPS) is 11.6. The average Bonchev–Trinajstić information content (AvgIpc) is 2.60. The maximum absolute atomic E-state index is 12.5. The van der Waals surface area contributed by atoms with E-state index in [1.54, 1.807) is 4.90 Å². The Labute approximate surface area is 149 Å². The maximum Gasteiger partial charge on any atom is 0.326 e. The van der Waals surface area contributed by atoms with Gasteiger partial charge in [-0.3, -0.25) is 9.59 Å². The van der Waals surface area contributed by atoms with Crippen molar-refractivity contribution in [3.63, 3.8) is 0 Å². The van der Waals surface area contributed by atoms with Crippen LogP contribution in [0.15, 0.2) is 30.3 Å². The van der Waals surface area contributed by atoms with Crippen molar-refractivity contribution in [3.05, 3.63) is 35.9 Å². The number of carbonyl (C=O) groups excluding carboxylic acids is 2. The Bertz CT molecular complexity index is 570. The van der Waals surface area contributed by atoms with Crippen molar-refractivity contribution in [1.82, 2.24) is 9.80 Å². The number of hydrogen-bond acceptors (Lipinski definition) is 3. The summed E-state index contributed by atoms with van der Waals surface area (Å²) in [7, 11) is 0. The quantitative estimate of drug-likeness (QED) is 0.705.